The van der Waals surface area contributed by atoms with Crippen molar-refractivity contribution in [1.82, 2.24) is 15.0 Å². The van der Waals surface area contributed by atoms with Gasteiger partial charge in [0.25, 0.3) is 6.01 Å². The summed E-state index contributed by atoms with van der Waals surface area (Å²) in [6.45, 7) is -0.0227. The maximum atomic E-state index is 10.8. The third-order valence-electron chi connectivity index (χ3n) is 5.92. The maximum Gasteiger partial charge on any atom is 0.409 e. The third-order valence-corrected chi connectivity index (χ3v) is 6.21. The molecule has 0 unspecified atom stereocenters. The Hall–Kier alpha value is -3.70. The normalized spacial score (nSPS) is 19.8. The van der Waals surface area contributed by atoms with Gasteiger partial charge in [0.05, 0.1) is 35.6 Å². The number of ether oxygens (including phenoxy) is 2. The Kier molecular flexibility index (Phi) is 6.75. The van der Waals surface area contributed by atoms with Gasteiger partial charge in [0.15, 0.2) is 5.65 Å². The number of carbonyl (C=O) groups is 1. The van der Waals surface area contributed by atoms with Crippen LogP contribution in [0, 0.1) is 0 Å². The Morgan fingerprint density at radius 1 is 1.11 bits per heavy atom. The van der Waals surface area contributed by atoms with Gasteiger partial charge in [0.1, 0.15) is 12.2 Å². The number of nitrogens with one attached hydrogen (secondary N) is 2. The zero-order chi connectivity index (χ0) is 25.2. The van der Waals surface area contributed by atoms with Crippen molar-refractivity contribution >= 4 is 34.5 Å². The van der Waals surface area contributed by atoms with Crippen molar-refractivity contribution in [3.63, 3.8) is 0 Å². The lowest BCUT2D eigenvalue weighted by atomic mass is 10.0. The number of hydrogen-bond donors (Lipinski definition) is 5. The number of H-pyrrole nitrogens is 1. The van der Waals surface area contributed by atoms with Crippen molar-refractivity contribution in [3.05, 3.63) is 59.6 Å². The van der Waals surface area contributed by atoms with Crippen LogP contribution in [0.3, 0.4) is 0 Å². The van der Waals surface area contributed by atoms with Crippen molar-refractivity contribution < 1.29 is 29.6 Å². The molecule has 0 spiro atoms. The number of amides is 1. The Labute approximate surface area is 210 Å². The highest BCUT2D eigenvalue weighted by molar-refractivity contribution is 6.33. The van der Waals surface area contributed by atoms with Gasteiger partial charge in [0, 0.05) is 17.7 Å². The number of rotatable bonds is 6. The number of imidazole rings is 1. The monoisotopic (exact) mass is 510 g/mol. The van der Waals surface area contributed by atoms with Crippen LogP contribution < -0.4 is 10.1 Å². The van der Waals surface area contributed by atoms with Gasteiger partial charge >= 0.3 is 6.09 Å². The van der Waals surface area contributed by atoms with Crippen LogP contribution in [0.4, 0.5) is 10.5 Å². The Morgan fingerprint density at radius 3 is 2.42 bits per heavy atom. The van der Waals surface area contributed by atoms with E-state index in [0.29, 0.717) is 34.0 Å². The quantitative estimate of drug-likeness (QED) is 0.262. The molecule has 0 bridgehead atoms. The predicted octanol–water partition coefficient (Wildman–Crippen LogP) is 3.92. The van der Waals surface area contributed by atoms with Crippen molar-refractivity contribution in [2.75, 3.05) is 18.5 Å². The number of nitrogens with zero attached hydrogens (tertiary/aromatic N) is 2. The smallest absolute Gasteiger partial charge is 0.409 e. The Morgan fingerprint density at radius 2 is 1.78 bits per heavy atom. The molecule has 1 saturated heterocycles. The Bertz CT molecular complexity index is 1380. The minimum atomic E-state index is -1.11. The van der Waals surface area contributed by atoms with Crippen molar-refractivity contribution in [3.8, 4) is 28.4 Å². The van der Waals surface area contributed by atoms with E-state index in [1.165, 1.54) is 0 Å². The molecule has 0 saturated carbocycles. The fraction of sp³-hybridized carbons (Fsp3) is 0.240. The fourth-order valence-electron chi connectivity index (χ4n) is 4.09. The number of fused-ring (bicyclic) bond motifs is 1. The topological polar surface area (TPSA) is 150 Å². The molecule has 5 N–H and O–H groups in total. The largest absolute Gasteiger partial charge is 0.465 e. The molecule has 11 heteroatoms. The van der Waals surface area contributed by atoms with Crippen molar-refractivity contribution in [2.24, 2.45) is 0 Å². The van der Waals surface area contributed by atoms with E-state index < -0.39 is 24.4 Å². The van der Waals surface area contributed by atoms with Crippen LogP contribution in [0.25, 0.3) is 33.5 Å². The van der Waals surface area contributed by atoms with Gasteiger partial charge in [-0.25, -0.2) is 9.78 Å². The van der Waals surface area contributed by atoms with E-state index in [9.17, 15) is 15.0 Å². The van der Waals surface area contributed by atoms with Gasteiger partial charge in [0.2, 0.25) is 0 Å². The van der Waals surface area contributed by atoms with Gasteiger partial charge in [-0.2, -0.15) is 4.98 Å². The average molecular weight is 511 g/mol. The second-order valence-corrected chi connectivity index (χ2v) is 8.82. The van der Waals surface area contributed by atoms with E-state index in [1.807, 2.05) is 36.4 Å². The molecule has 4 aromatic rings. The van der Waals surface area contributed by atoms with Crippen molar-refractivity contribution in [1.29, 1.82) is 0 Å². The minimum Gasteiger partial charge on any atom is -0.465 e. The molecule has 10 nitrogen and oxygen atoms in total. The number of aliphatic hydroxyl groups is 2. The number of aromatic nitrogens is 3. The molecule has 1 fully saturated rings. The lowest BCUT2D eigenvalue weighted by Crippen LogP contribution is -2.45. The molecule has 0 aliphatic carbocycles. The molecule has 0 radical (unpaired) electrons. The van der Waals surface area contributed by atoms with E-state index in [1.54, 1.807) is 18.2 Å². The molecule has 1 aliphatic heterocycles. The van der Waals surface area contributed by atoms with Gasteiger partial charge in [-0.3, -0.25) is 5.32 Å². The highest BCUT2D eigenvalue weighted by Crippen LogP contribution is 2.32. The molecule has 3 heterocycles. The van der Waals surface area contributed by atoms with Crippen LogP contribution in [0.15, 0.2) is 54.6 Å². The van der Waals surface area contributed by atoms with Crippen LogP contribution in [0.5, 0.6) is 6.01 Å². The SMILES string of the molecule is O=C(O)Nc1ccc(-c2ccc(-c3nc4nc(O[C@H]5CO[C@H](CO)[C@@H](O)C5)[nH]c4cc3Cl)cc2)cc1. The van der Waals surface area contributed by atoms with Crippen LogP contribution in [-0.2, 0) is 4.74 Å². The van der Waals surface area contributed by atoms with Crippen LogP contribution in [0.2, 0.25) is 5.02 Å². The van der Waals surface area contributed by atoms with E-state index in [0.717, 1.165) is 16.7 Å². The number of halogens is 1. The summed E-state index contributed by atoms with van der Waals surface area (Å²) in [5, 5.41) is 30.8. The molecule has 1 amide bonds. The molecular formula is C25H23ClN4O6. The summed E-state index contributed by atoms with van der Waals surface area (Å²) in [4.78, 5) is 22.8. The molecule has 36 heavy (non-hydrogen) atoms. The van der Waals surface area contributed by atoms with Crippen LogP contribution >= 0.6 is 11.6 Å². The number of pyridine rings is 1. The summed E-state index contributed by atoms with van der Waals surface area (Å²) >= 11 is 6.52. The summed E-state index contributed by atoms with van der Waals surface area (Å²) in [6.07, 6.45) is -2.64. The van der Waals surface area contributed by atoms with Crippen LogP contribution in [0.1, 0.15) is 6.42 Å². The first-order chi connectivity index (χ1) is 17.4. The maximum absolute atomic E-state index is 10.8. The van der Waals surface area contributed by atoms with Gasteiger partial charge < -0.3 is 29.8 Å². The molecule has 3 atom stereocenters. The minimum absolute atomic E-state index is 0.226. The standard InChI is InChI=1S/C25H23ClN4O6/c26-18-10-19-23(30-24(28-19)36-17-9-20(32)21(11-31)35-12-17)29-22(18)15-3-1-13(2-4-15)14-5-7-16(8-6-14)27-25(33)34/h1-8,10,17,20-21,27,31-32H,9,11-12H2,(H,33,34)(H,28,29,30)/t17-,20+,21-/m1/s1. The van der Waals surface area contributed by atoms with E-state index >= 15 is 0 Å². The van der Waals surface area contributed by atoms with Gasteiger partial charge in [-0.15, -0.1) is 0 Å². The second kappa shape index (κ2) is 10.1. The zero-order valence-electron chi connectivity index (χ0n) is 18.9. The number of carboxylic acid groups (broad SMARTS) is 1. The fourth-order valence-corrected chi connectivity index (χ4v) is 4.35. The molecule has 1 aliphatic rings. The van der Waals surface area contributed by atoms with Gasteiger partial charge in [-0.05, 0) is 29.3 Å². The average Bonchev–Trinajstić information content (AvgIpc) is 3.25. The van der Waals surface area contributed by atoms with E-state index in [4.69, 9.17) is 26.2 Å². The predicted molar refractivity (Wildman–Crippen MR) is 133 cm³/mol. The second-order valence-electron chi connectivity index (χ2n) is 8.41. The van der Waals surface area contributed by atoms with Crippen LogP contribution in [-0.4, -0.2) is 67.9 Å². The number of benzene rings is 2. The number of anilines is 1. The van der Waals surface area contributed by atoms with Gasteiger partial charge in [-0.1, -0.05) is 48.0 Å². The lowest BCUT2D eigenvalue weighted by Gasteiger charge is -2.31. The summed E-state index contributed by atoms with van der Waals surface area (Å²) in [5.74, 6) is 0. The molecule has 186 valence electrons. The highest BCUT2D eigenvalue weighted by atomic mass is 35.5. The van der Waals surface area contributed by atoms with E-state index in [2.05, 4.69) is 20.3 Å². The number of hydrogen-bond acceptors (Lipinski definition) is 7. The molecule has 2 aromatic carbocycles. The number of aliphatic hydroxyl groups excluding tert-OH is 2. The van der Waals surface area contributed by atoms with E-state index in [-0.39, 0.29) is 19.2 Å². The molecule has 2 aromatic heterocycles. The zero-order valence-corrected chi connectivity index (χ0v) is 19.6. The lowest BCUT2D eigenvalue weighted by molar-refractivity contribution is -0.131. The summed E-state index contributed by atoms with van der Waals surface area (Å²) in [7, 11) is 0. The first-order valence-corrected chi connectivity index (χ1v) is 11.6. The highest BCUT2D eigenvalue weighted by Gasteiger charge is 2.31. The third kappa shape index (κ3) is 5.12. The Balaban J connectivity index is 1.33. The first-order valence-electron chi connectivity index (χ1n) is 11.2. The van der Waals surface area contributed by atoms with Crippen molar-refractivity contribution in [2.45, 2.75) is 24.7 Å². The summed E-state index contributed by atoms with van der Waals surface area (Å²) in [5.41, 5.74) is 4.79. The summed E-state index contributed by atoms with van der Waals surface area (Å²) in [6, 6.07) is 16.7. The first kappa shape index (κ1) is 24.0. The molecular weight excluding hydrogens is 488 g/mol. The number of aromatic amines is 1. The summed E-state index contributed by atoms with van der Waals surface area (Å²) < 4.78 is 11.3. The molecule has 5 rings (SSSR count).